The lowest BCUT2D eigenvalue weighted by Gasteiger charge is -2.19. The number of para-hydroxylation sites is 1. The first-order valence-corrected chi connectivity index (χ1v) is 15.2. The van der Waals surface area contributed by atoms with Crippen LogP contribution in [0.5, 0.6) is 0 Å². The lowest BCUT2D eigenvalue weighted by molar-refractivity contribution is 0.669. The Labute approximate surface area is 245 Å². The minimum atomic E-state index is 0.922. The molecule has 2 aromatic heterocycles. The minimum Gasteiger partial charge on any atom is -0.456 e. The number of hydrogen-bond donors (Lipinski definition) is 0. The molecule has 0 amide bonds. The standard InChI is InChI=1S/C40H22OS/c1-3-13-26-24(11-1)37(30-17-8-19-33-39(30)29-15-5-6-18-32(29)41-33)25-12-2-4-14-27(25)38(26)31-22-23-10-7-20-34-36(23)40-28(31)16-9-21-35(40)42-34/h1-22H. The Kier molecular flexibility index (Phi) is 4.39. The van der Waals surface area contributed by atoms with Crippen molar-refractivity contribution in [2.75, 3.05) is 0 Å². The Hall–Kier alpha value is -5.18. The Morgan fingerprint density at radius 2 is 0.929 bits per heavy atom. The predicted molar refractivity (Wildman–Crippen MR) is 181 cm³/mol. The van der Waals surface area contributed by atoms with Gasteiger partial charge in [-0.15, -0.1) is 11.3 Å². The van der Waals surface area contributed by atoms with E-state index in [1.165, 1.54) is 80.1 Å². The lowest BCUT2D eigenvalue weighted by atomic mass is 9.83. The molecule has 8 aromatic carbocycles. The highest BCUT2D eigenvalue weighted by molar-refractivity contribution is 7.26. The van der Waals surface area contributed by atoms with Crippen LogP contribution in [0.4, 0.5) is 0 Å². The largest absolute Gasteiger partial charge is 0.456 e. The molecule has 10 aromatic rings. The first kappa shape index (κ1) is 22.5. The van der Waals surface area contributed by atoms with E-state index >= 15 is 0 Å². The van der Waals surface area contributed by atoms with Gasteiger partial charge in [-0.05, 0) is 84.9 Å². The van der Waals surface area contributed by atoms with E-state index in [0.29, 0.717) is 0 Å². The van der Waals surface area contributed by atoms with Crippen molar-refractivity contribution < 1.29 is 4.42 Å². The van der Waals surface area contributed by atoms with Gasteiger partial charge in [0, 0.05) is 30.9 Å². The summed E-state index contributed by atoms with van der Waals surface area (Å²) in [5.74, 6) is 0. The number of rotatable bonds is 2. The van der Waals surface area contributed by atoms with Crippen LogP contribution in [-0.4, -0.2) is 0 Å². The Bertz CT molecular complexity index is 2630. The van der Waals surface area contributed by atoms with Gasteiger partial charge in [0.2, 0.25) is 0 Å². The molecule has 0 aliphatic heterocycles. The van der Waals surface area contributed by atoms with Gasteiger partial charge in [-0.2, -0.15) is 0 Å². The zero-order chi connectivity index (χ0) is 27.4. The maximum absolute atomic E-state index is 6.33. The smallest absolute Gasteiger partial charge is 0.136 e. The summed E-state index contributed by atoms with van der Waals surface area (Å²) >= 11 is 1.89. The van der Waals surface area contributed by atoms with Crippen molar-refractivity contribution in [3.05, 3.63) is 133 Å². The monoisotopic (exact) mass is 550 g/mol. The van der Waals surface area contributed by atoms with Crippen LogP contribution in [-0.2, 0) is 0 Å². The average Bonchev–Trinajstić information content (AvgIpc) is 3.62. The fourth-order valence-corrected chi connectivity index (χ4v) is 8.54. The van der Waals surface area contributed by atoms with E-state index in [1.54, 1.807) is 0 Å². The summed E-state index contributed by atoms with van der Waals surface area (Å²) in [5, 5.41) is 12.8. The summed E-state index contributed by atoms with van der Waals surface area (Å²) in [6, 6.07) is 48.7. The van der Waals surface area contributed by atoms with E-state index in [0.717, 1.165) is 16.6 Å². The van der Waals surface area contributed by atoms with Crippen molar-refractivity contribution in [1.82, 2.24) is 0 Å². The SMILES string of the molecule is c1ccc2c(c1)oc1cccc(-c3c4ccccc4c(-c4cc5cccc6sc7cccc4c7c56)c4ccccc34)c12. The van der Waals surface area contributed by atoms with Crippen molar-refractivity contribution in [3.63, 3.8) is 0 Å². The van der Waals surface area contributed by atoms with E-state index in [4.69, 9.17) is 4.42 Å². The number of fused-ring (bicyclic) bond motifs is 5. The van der Waals surface area contributed by atoms with Crippen molar-refractivity contribution in [2.45, 2.75) is 0 Å². The van der Waals surface area contributed by atoms with E-state index in [-0.39, 0.29) is 0 Å². The summed E-state index contributed by atoms with van der Waals surface area (Å²) in [4.78, 5) is 0. The predicted octanol–water partition coefficient (Wildman–Crippen LogP) is 12.2. The van der Waals surface area contributed by atoms with Crippen molar-refractivity contribution in [1.29, 1.82) is 0 Å². The fourth-order valence-electron chi connectivity index (χ4n) is 7.37. The van der Waals surface area contributed by atoms with E-state index in [2.05, 4.69) is 127 Å². The highest BCUT2D eigenvalue weighted by Crippen LogP contribution is 2.50. The topological polar surface area (TPSA) is 13.1 Å². The number of hydrogen-bond acceptors (Lipinski definition) is 2. The third kappa shape index (κ3) is 2.87. The summed E-state index contributed by atoms with van der Waals surface area (Å²) in [6.07, 6.45) is 0. The van der Waals surface area contributed by atoms with E-state index < -0.39 is 0 Å². The van der Waals surface area contributed by atoms with Crippen LogP contribution >= 0.6 is 11.3 Å². The first-order valence-electron chi connectivity index (χ1n) is 14.4. The number of furan rings is 1. The lowest BCUT2D eigenvalue weighted by Crippen LogP contribution is -1.92. The molecule has 0 bridgehead atoms. The van der Waals surface area contributed by atoms with Crippen LogP contribution in [0.3, 0.4) is 0 Å². The van der Waals surface area contributed by atoms with Crippen molar-refractivity contribution in [3.8, 4) is 22.3 Å². The molecular formula is C40H22OS. The zero-order valence-corrected chi connectivity index (χ0v) is 23.3. The molecule has 1 nitrogen and oxygen atoms in total. The van der Waals surface area contributed by atoms with E-state index in [1.807, 2.05) is 17.4 Å². The fraction of sp³-hybridized carbons (Fsp3) is 0. The van der Waals surface area contributed by atoms with Crippen LogP contribution in [0.15, 0.2) is 138 Å². The van der Waals surface area contributed by atoms with Gasteiger partial charge in [0.25, 0.3) is 0 Å². The zero-order valence-electron chi connectivity index (χ0n) is 22.5. The maximum Gasteiger partial charge on any atom is 0.136 e. The van der Waals surface area contributed by atoms with Crippen LogP contribution in [0.2, 0.25) is 0 Å². The highest BCUT2D eigenvalue weighted by Gasteiger charge is 2.22. The molecule has 0 atom stereocenters. The molecule has 0 unspecified atom stereocenters. The molecule has 0 radical (unpaired) electrons. The molecule has 0 aliphatic rings. The number of thiophene rings is 1. The molecule has 194 valence electrons. The summed E-state index contributed by atoms with van der Waals surface area (Å²) < 4.78 is 9.04. The Balaban J connectivity index is 1.41. The molecule has 2 heteroatoms. The maximum atomic E-state index is 6.33. The molecule has 42 heavy (non-hydrogen) atoms. The van der Waals surface area contributed by atoms with Crippen molar-refractivity contribution in [2.24, 2.45) is 0 Å². The summed E-state index contributed by atoms with van der Waals surface area (Å²) in [7, 11) is 0. The minimum absolute atomic E-state index is 0.922. The normalized spacial score (nSPS) is 12.3. The number of benzene rings is 8. The van der Waals surface area contributed by atoms with Gasteiger partial charge in [-0.1, -0.05) is 103 Å². The van der Waals surface area contributed by atoms with Crippen molar-refractivity contribution >= 4 is 85.8 Å². The first-order chi connectivity index (χ1) is 20.8. The molecule has 0 saturated heterocycles. The molecule has 10 rings (SSSR count). The highest BCUT2D eigenvalue weighted by atomic mass is 32.1. The summed E-state index contributed by atoms with van der Waals surface area (Å²) in [6.45, 7) is 0. The second kappa shape index (κ2) is 8.19. The molecule has 0 saturated carbocycles. The second-order valence-corrected chi connectivity index (χ2v) is 12.3. The third-order valence-electron chi connectivity index (χ3n) is 9.02. The van der Waals surface area contributed by atoms with Crippen LogP contribution in [0.1, 0.15) is 0 Å². The molecule has 0 aliphatic carbocycles. The van der Waals surface area contributed by atoms with Gasteiger partial charge in [0.15, 0.2) is 0 Å². The van der Waals surface area contributed by atoms with Gasteiger partial charge >= 0.3 is 0 Å². The molecule has 0 spiro atoms. The van der Waals surface area contributed by atoms with Gasteiger partial charge in [-0.3, -0.25) is 0 Å². The van der Waals surface area contributed by atoms with Crippen LogP contribution in [0.25, 0.3) is 96.7 Å². The van der Waals surface area contributed by atoms with E-state index in [9.17, 15) is 0 Å². The second-order valence-electron chi connectivity index (χ2n) is 11.2. The van der Waals surface area contributed by atoms with Crippen LogP contribution < -0.4 is 0 Å². The average molecular weight is 551 g/mol. The quantitative estimate of drug-likeness (QED) is 0.154. The van der Waals surface area contributed by atoms with Gasteiger partial charge in [0.05, 0.1) is 0 Å². The molecular weight excluding hydrogens is 529 g/mol. The summed E-state index contributed by atoms with van der Waals surface area (Å²) in [5.41, 5.74) is 6.91. The Morgan fingerprint density at radius 1 is 0.381 bits per heavy atom. The molecule has 0 fully saturated rings. The van der Waals surface area contributed by atoms with Gasteiger partial charge in [0.1, 0.15) is 11.2 Å². The molecule has 2 heterocycles. The Morgan fingerprint density at radius 3 is 1.67 bits per heavy atom. The van der Waals surface area contributed by atoms with Gasteiger partial charge < -0.3 is 4.42 Å². The van der Waals surface area contributed by atoms with Crippen LogP contribution in [0, 0.1) is 0 Å². The molecule has 0 N–H and O–H groups in total. The van der Waals surface area contributed by atoms with Gasteiger partial charge in [-0.25, -0.2) is 0 Å². The third-order valence-corrected chi connectivity index (χ3v) is 10.1.